The predicted molar refractivity (Wildman–Crippen MR) is 65.0 cm³/mol. The van der Waals surface area contributed by atoms with Gasteiger partial charge in [0, 0.05) is 17.2 Å². The second-order valence-corrected chi connectivity index (χ2v) is 4.17. The Labute approximate surface area is 99.8 Å². The lowest BCUT2D eigenvalue weighted by atomic mass is 9.88. The minimum atomic E-state index is -0.650. The Morgan fingerprint density at radius 1 is 1.24 bits per heavy atom. The third-order valence-electron chi connectivity index (χ3n) is 2.94. The number of carbonyl (C=O) groups excluding carboxylic acids is 2. The molecule has 0 fully saturated rings. The first-order valence-electron chi connectivity index (χ1n) is 5.76. The molecule has 0 aliphatic heterocycles. The molecule has 0 radical (unpaired) electrons. The third kappa shape index (κ3) is 2.00. The summed E-state index contributed by atoms with van der Waals surface area (Å²) in [6, 6.07) is 5.24. The van der Waals surface area contributed by atoms with Crippen molar-refractivity contribution in [2.45, 2.75) is 26.2 Å². The van der Waals surface area contributed by atoms with Crippen molar-refractivity contribution in [3.05, 3.63) is 41.0 Å². The first-order valence-corrected chi connectivity index (χ1v) is 5.76. The zero-order valence-corrected chi connectivity index (χ0v) is 9.69. The molecule has 88 valence electrons. The Hall–Kier alpha value is -1.90. The maximum absolute atomic E-state index is 11.7. The number of rotatable bonds is 3. The van der Waals surface area contributed by atoms with Crippen LogP contribution in [0, 0.1) is 0 Å². The Morgan fingerprint density at radius 2 is 2.00 bits per heavy atom. The highest BCUT2D eigenvalue weighted by Crippen LogP contribution is 2.27. The van der Waals surface area contributed by atoms with Crippen LogP contribution >= 0.6 is 0 Å². The minimum Gasteiger partial charge on any atom is -0.507 e. The number of allylic oxidation sites excluding steroid dienone is 1. The molecule has 1 N–H and O–H groups in total. The number of aliphatic hydroxyl groups is 1. The number of aryl methyl sites for hydroxylation is 1. The fourth-order valence-electron chi connectivity index (χ4n) is 2.06. The molecule has 3 heteroatoms. The van der Waals surface area contributed by atoms with Gasteiger partial charge in [-0.15, -0.1) is 0 Å². The van der Waals surface area contributed by atoms with Crippen LogP contribution in [0.2, 0.25) is 0 Å². The van der Waals surface area contributed by atoms with Gasteiger partial charge in [-0.2, -0.15) is 0 Å². The molecule has 1 aliphatic rings. The number of ketones is 2. The number of Topliss-reactive ketones (excluding diaryl/α,β-unsaturated/α-hetero) is 1. The van der Waals surface area contributed by atoms with E-state index in [0.717, 1.165) is 30.9 Å². The highest BCUT2D eigenvalue weighted by molar-refractivity contribution is 6.50. The van der Waals surface area contributed by atoms with Crippen LogP contribution in [0.4, 0.5) is 0 Å². The van der Waals surface area contributed by atoms with Crippen LogP contribution in [0.5, 0.6) is 0 Å². The molecular weight excluding hydrogens is 216 g/mol. The van der Waals surface area contributed by atoms with Gasteiger partial charge in [0.05, 0.1) is 0 Å². The summed E-state index contributed by atoms with van der Waals surface area (Å²) >= 11 is 0. The molecule has 1 aromatic rings. The van der Waals surface area contributed by atoms with E-state index in [1.54, 1.807) is 12.1 Å². The summed E-state index contributed by atoms with van der Waals surface area (Å²) in [4.78, 5) is 23.0. The second-order valence-electron chi connectivity index (χ2n) is 4.17. The lowest BCUT2D eigenvalue weighted by Gasteiger charge is -2.16. The third-order valence-corrected chi connectivity index (χ3v) is 2.94. The maximum atomic E-state index is 11.7. The summed E-state index contributed by atoms with van der Waals surface area (Å²) in [5, 5.41) is 9.82. The molecule has 0 unspecified atom stereocenters. The highest BCUT2D eigenvalue weighted by atomic mass is 16.3. The lowest BCUT2D eigenvalue weighted by Crippen LogP contribution is -2.19. The second kappa shape index (κ2) is 4.53. The first kappa shape index (κ1) is 11.6. The van der Waals surface area contributed by atoms with Crippen LogP contribution in [-0.4, -0.2) is 16.7 Å². The van der Waals surface area contributed by atoms with Crippen molar-refractivity contribution in [1.82, 2.24) is 0 Å². The average molecular weight is 230 g/mol. The van der Waals surface area contributed by atoms with Crippen LogP contribution in [0.1, 0.15) is 41.3 Å². The molecule has 17 heavy (non-hydrogen) atoms. The van der Waals surface area contributed by atoms with Gasteiger partial charge < -0.3 is 5.11 Å². The van der Waals surface area contributed by atoms with Gasteiger partial charge >= 0.3 is 0 Å². The summed E-state index contributed by atoms with van der Waals surface area (Å²) in [6.45, 7) is 2.08. The summed E-state index contributed by atoms with van der Waals surface area (Å²) in [5.74, 6) is -1.27. The van der Waals surface area contributed by atoms with Gasteiger partial charge in [0.1, 0.15) is 5.76 Å². The fourth-order valence-corrected chi connectivity index (χ4v) is 2.06. The standard InChI is InChI=1S/C14H14O3/c1-2-3-5-9-6-4-7-10-13(9)11(15)8-12(16)14(10)17/h4,6-8,15H,2-3,5H2,1H3. The van der Waals surface area contributed by atoms with Gasteiger partial charge in [0.2, 0.25) is 11.6 Å². The van der Waals surface area contributed by atoms with Crippen LogP contribution in [0.15, 0.2) is 24.3 Å². The van der Waals surface area contributed by atoms with Crippen LogP contribution in [0.25, 0.3) is 5.76 Å². The van der Waals surface area contributed by atoms with E-state index in [4.69, 9.17) is 0 Å². The normalized spacial score (nSPS) is 14.5. The Balaban J connectivity index is 2.52. The topological polar surface area (TPSA) is 54.4 Å². The summed E-state index contributed by atoms with van der Waals surface area (Å²) in [6.07, 6.45) is 3.85. The molecule has 1 aliphatic carbocycles. The van der Waals surface area contributed by atoms with Crippen molar-refractivity contribution in [1.29, 1.82) is 0 Å². The number of hydrogen-bond acceptors (Lipinski definition) is 3. The van der Waals surface area contributed by atoms with Gasteiger partial charge in [-0.3, -0.25) is 9.59 Å². The first-order chi connectivity index (χ1) is 8.15. The molecule has 0 bridgehead atoms. The van der Waals surface area contributed by atoms with E-state index < -0.39 is 11.6 Å². The monoisotopic (exact) mass is 230 g/mol. The Morgan fingerprint density at radius 3 is 2.71 bits per heavy atom. The van der Waals surface area contributed by atoms with E-state index in [2.05, 4.69) is 6.92 Å². The van der Waals surface area contributed by atoms with E-state index in [-0.39, 0.29) is 5.76 Å². The number of carbonyl (C=O) groups is 2. The van der Waals surface area contributed by atoms with Crippen molar-refractivity contribution < 1.29 is 14.7 Å². The van der Waals surface area contributed by atoms with Crippen LogP contribution in [-0.2, 0) is 11.2 Å². The fraction of sp³-hybridized carbons (Fsp3) is 0.286. The maximum Gasteiger partial charge on any atom is 0.233 e. The minimum absolute atomic E-state index is 0.0868. The summed E-state index contributed by atoms with van der Waals surface area (Å²) in [7, 11) is 0. The molecule has 0 aromatic heterocycles. The molecule has 0 spiro atoms. The number of aliphatic hydroxyl groups excluding tert-OH is 1. The average Bonchev–Trinajstić information content (AvgIpc) is 2.33. The van der Waals surface area contributed by atoms with Gasteiger partial charge in [0.25, 0.3) is 0 Å². The van der Waals surface area contributed by atoms with Crippen LogP contribution in [0.3, 0.4) is 0 Å². The Kier molecular flexibility index (Phi) is 3.09. The van der Waals surface area contributed by atoms with Crippen molar-refractivity contribution >= 4 is 17.3 Å². The van der Waals surface area contributed by atoms with E-state index in [1.165, 1.54) is 0 Å². The molecule has 0 atom stereocenters. The number of fused-ring (bicyclic) bond motifs is 1. The van der Waals surface area contributed by atoms with E-state index in [1.807, 2.05) is 6.07 Å². The van der Waals surface area contributed by atoms with Crippen LogP contribution < -0.4 is 0 Å². The molecule has 2 rings (SSSR count). The molecule has 0 amide bonds. The van der Waals surface area contributed by atoms with E-state index in [9.17, 15) is 14.7 Å². The van der Waals surface area contributed by atoms with Crippen molar-refractivity contribution in [2.24, 2.45) is 0 Å². The van der Waals surface area contributed by atoms with Gasteiger partial charge in [0.15, 0.2) is 0 Å². The smallest absolute Gasteiger partial charge is 0.233 e. The largest absolute Gasteiger partial charge is 0.507 e. The van der Waals surface area contributed by atoms with Crippen molar-refractivity contribution in [3.63, 3.8) is 0 Å². The van der Waals surface area contributed by atoms with E-state index in [0.29, 0.717) is 11.1 Å². The molecule has 1 aromatic carbocycles. The Bertz CT molecular complexity index is 512. The molecule has 0 heterocycles. The number of unbranched alkanes of at least 4 members (excludes halogenated alkanes) is 1. The molecule has 0 saturated heterocycles. The lowest BCUT2D eigenvalue weighted by molar-refractivity contribution is -0.111. The summed E-state index contributed by atoms with van der Waals surface area (Å²) < 4.78 is 0. The van der Waals surface area contributed by atoms with Gasteiger partial charge in [-0.1, -0.05) is 31.5 Å². The van der Waals surface area contributed by atoms with Crippen molar-refractivity contribution in [2.75, 3.05) is 0 Å². The van der Waals surface area contributed by atoms with Crippen molar-refractivity contribution in [3.8, 4) is 0 Å². The molecular formula is C14H14O3. The zero-order chi connectivity index (χ0) is 12.4. The highest BCUT2D eigenvalue weighted by Gasteiger charge is 2.27. The van der Waals surface area contributed by atoms with E-state index >= 15 is 0 Å². The predicted octanol–water partition coefficient (Wildman–Crippen LogP) is 2.69. The zero-order valence-electron chi connectivity index (χ0n) is 9.69. The molecule has 3 nitrogen and oxygen atoms in total. The van der Waals surface area contributed by atoms with Gasteiger partial charge in [-0.05, 0) is 18.4 Å². The number of benzene rings is 1. The summed E-state index contributed by atoms with van der Waals surface area (Å²) in [5.41, 5.74) is 1.79. The van der Waals surface area contributed by atoms with Gasteiger partial charge in [-0.25, -0.2) is 0 Å². The molecule has 0 saturated carbocycles. The number of hydrogen-bond donors (Lipinski definition) is 1. The quantitative estimate of drug-likeness (QED) is 0.812. The SMILES string of the molecule is CCCCc1cccc2c1C(O)=CC(=O)C2=O.